The average Bonchev–Trinajstić information content (AvgIpc) is 2.84. The van der Waals surface area contributed by atoms with Gasteiger partial charge in [-0.25, -0.2) is 0 Å². The largest absolute Gasteiger partial charge is 0.495 e. The minimum absolute atomic E-state index is 0.156. The predicted molar refractivity (Wildman–Crippen MR) is 74.1 cm³/mol. The first-order valence-electron chi connectivity index (χ1n) is 5.58. The Labute approximate surface area is 119 Å². The third-order valence-electron chi connectivity index (χ3n) is 2.72. The van der Waals surface area contributed by atoms with Gasteiger partial charge in [-0.1, -0.05) is 0 Å². The molecule has 1 heterocycles. The first kappa shape index (κ1) is 13.7. The summed E-state index contributed by atoms with van der Waals surface area (Å²) in [5, 5.41) is 0. The molecule has 2 aromatic rings. The number of hydrogen-bond acceptors (Lipinski definition) is 4. The fourth-order valence-corrected chi connectivity index (χ4v) is 2.46. The van der Waals surface area contributed by atoms with Crippen molar-refractivity contribution < 1.29 is 18.7 Å². The van der Waals surface area contributed by atoms with Gasteiger partial charge in [0.05, 0.1) is 25.3 Å². The maximum absolute atomic E-state index is 12.4. The van der Waals surface area contributed by atoms with Gasteiger partial charge < -0.3 is 13.9 Å². The Morgan fingerprint density at radius 2 is 2.00 bits per heavy atom. The molecule has 0 unspecified atom stereocenters. The van der Waals surface area contributed by atoms with Crippen molar-refractivity contribution in [2.45, 2.75) is 6.92 Å². The number of halogens is 1. The van der Waals surface area contributed by atoms with Crippen LogP contribution in [0.3, 0.4) is 0 Å². The van der Waals surface area contributed by atoms with Gasteiger partial charge in [0.2, 0.25) is 0 Å². The normalized spacial score (nSPS) is 10.3. The maximum atomic E-state index is 12.4. The van der Waals surface area contributed by atoms with E-state index in [4.69, 9.17) is 13.9 Å². The van der Waals surface area contributed by atoms with E-state index in [2.05, 4.69) is 15.9 Å². The molecular formula is C14H13BrO4. The highest BCUT2D eigenvalue weighted by Gasteiger charge is 2.20. The van der Waals surface area contributed by atoms with E-state index in [1.807, 2.05) is 0 Å². The Morgan fingerprint density at radius 1 is 1.26 bits per heavy atom. The number of carbonyl (C=O) groups is 1. The van der Waals surface area contributed by atoms with Crippen LogP contribution in [-0.2, 0) is 0 Å². The van der Waals surface area contributed by atoms with Crippen molar-refractivity contribution in [3.8, 4) is 11.5 Å². The highest BCUT2D eigenvalue weighted by Crippen LogP contribution is 2.38. The van der Waals surface area contributed by atoms with Crippen LogP contribution in [0.25, 0.3) is 0 Å². The zero-order valence-corrected chi connectivity index (χ0v) is 12.4. The van der Waals surface area contributed by atoms with Crippen LogP contribution in [0, 0.1) is 6.92 Å². The van der Waals surface area contributed by atoms with Crippen LogP contribution in [0.15, 0.2) is 33.4 Å². The zero-order valence-electron chi connectivity index (χ0n) is 10.8. The van der Waals surface area contributed by atoms with Crippen molar-refractivity contribution in [2.24, 2.45) is 0 Å². The summed E-state index contributed by atoms with van der Waals surface area (Å²) in [6, 6.07) is 5.08. The van der Waals surface area contributed by atoms with Crippen molar-refractivity contribution in [2.75, 3.05) is 14.2 Å². The topological polar surface area (TPSA) is 48.7 Å². The Morgan fingerprint density at radius 3 is 2.53 bits per heavy atom. The number of carbonyl (C=O) groups excluding carboxylic acids is 1. The molecular weight excluding hydrogens is 312 g/mol. The number of furan rings is 1. The van der Waals surface area contributed by atoms with E-state index in [-0.39, 0.29) is 5.78 Å². The average molecular weight is 325 g/mol. The van der Waals surface area contributed by atoms with E-state index in [0.717, 1.165) is 0 Å². The van der Waals surface area contributed by atoms with Crippen LogP contribution in [0.2, 0.25) is 0 Å². The van der Waals surface area contributed by atoms with Gasteiger partial charge in [0.15, 0.2) is 5.78 Å². The molecule has 0 saturated heterocycles. The van der Waals surface area contributed by atoms with Crippen LogP contribution in [0.4, 0.5) is 0 Å². The highest BCUT2D eigenvalue weighted by molar-refractivity contribution is 9.10. The van der Waals surface area contributed by atoms with E-state index >= 15 is 0 Å². The van der Waals surface area contributed by atoms with Gasteiger partial charge in [0, 0.05) is 0 Å². The van der Waals surface area contributed by atoms with Gasteiger partial charge in [-0.3, -0.25) is 4.79 Å². The number of methoxy groups -OCH3 is 2. The van der Waals surface area contributed by atoms with Crippen molar-refractivity contribution >= 4 is 21.7 Å². The van der Waals surface area contributed by atoms with Crippen molar-refractivity contribution in [1.82, 2.24) is 0 Å². The fraction of sp³-hybridized carbons (Fsp3) is 0.214. The molecule has 5 heteroatoms. The van der Waals surface area contributed by atoms with E-state index in [1.54, 1.807) is 32.2 Å². The molecule has 0 fully saturated rings. The number of hydrogen-bond donors (Lipinski definition) is 0. The molecule has 100 valence electrons. The van der Waals surface area contributed by atoms with Gasteiger partial charge in [0.1, 0.15) is 28.0 Å². The summed E-state index contributed by atoms with van der Waals surface area (Å²) < 4.78 is 16.2. The molecule has 0 atom stereocenters. The van der Waals surface area contributed by atoms with Crippen LogP contribution in [0.5, 0.6) is 11.5 Å². The Kier molecular flexibility index (Phi) is 3.95. The lowest BCUT2D eigenvalue weighted by molar-refractivity contribution is 0.103. The Hall–Kier alpha value is -1.75. The lowest BCUT2D eigenvalue weighted by Gasteiger charge is -2.12. The van der Waals surface area contributed by atoms with Gasteiger partial charge in [-0.15, -0.1) is 0 Å². The predicted octanol–water partition coefficient (Wildman–Crippen LogP) is 3.60. The van der Waals surface area contributed by atoms with Crippen molar-refractivity contribution in [3.63, 3.8) is 0 Å². The summed E-state index contributed by atoms with van der Waals surface area (Å²) in [6.45, 7) is 1.79. The maximum Gasteiger partial charge on any atom is 0.200 e. The first-order chi connectivity index (χ1) is 9.08. The number of benzene rings is 1. The number of ketones is 1. The Balaban J connectivity index is 2.50. The molecule has 0 amide bonds. The minimum atomic E-state index is -0.156. The van der Waals surface area contributed by atoms with Gasteiger partial charge in [-0.05, 0) is 41.1 Å². The van der Waals surface area contributed by atoms with Crippen LogP contribution >= 0.6 is 15.9 Å². The SMILES string of the molecule is COc1ccc(C(=O)c2coc(C)c2)c(OC)c1Br. The number of rotatable bonds is 4. The monoisotopic (exact) mass is 324 g/mol. The summed E-state index contributed by atoms with van der Waals surface area (Å²) in [7, 11) is 3.07. The molecule has 1 aromatic heterocycles. The first-order valence-corrected chi connectivity index (χ1v) is 6.38. The molecule has 4 nitrogen and oxygen atoms in total. The second-order valence-electron chi connectivity index (χ2n) is 3.94. The van der Waals surface area contributed by atoms with E-state index in [1.165, 1.54) is 13.4 Å². The molecule has 0 aliphatic heterocycles. The summed E-state index contributed by atoms with van der Waals surface area (Å²) in [5.41, 5.74) is 0.948. The second-order valence-corrected chi connectivity index (χ2v) is 4.73. The molecule has 0 aliphatic carbocycles. The molecule has 0 radical (unpaired) electrons. The summed E-state index contributed by atoms with van der Waals surface area (Å²) in [5.74, 6) is 1.59. The fourth-order valence-electron chi connectivity index (χ4n) is 1.79. The van der Waals surface area contributed by atoms with Crippen LogP contribution in [-0.4, -0.2) is 20.0 Å². The second kappa shape index (κ2) is 5.48. The number of aryl methyl sites for hydroxylation is 1. The quantitative estimate of drug-likeness (QED) is 0.806. The van der Waals surface area contributed by atoms with Crippen LogP contribution < -0.4 is 9.47 Å². The molecule has 0 aliphatic rings. The third-order valence-corrected chi connectivity index (χ3v) is 3.47. The molecule has 19 heavy (non-hydrogen) atoms. The summed E-state index contributed by atoms with van der Waals surface area (Å²) in [4.78, 5) is 12.4. The lowest BCUT2D eigenvalue weighted by atomic mass is 10.0. The molecule has 0 spiro atoms. The van der Waals surface area contributed by atoms with E-state index in [9.17, 15) is 4.79 Å². The molecule has 0 bridgehead atoms. The lowest BCUT2D eigenvalue weighted by Crippen LogP contribution is -2.04. The zero-order chi connectivity index (χ0) is 14.0. The van der Waals surface area contributed by atoms with Crippen molar-refractivity contribution in [1.29, 1.82) is 0 Å². The summed E-state index contributed by atoms with van der Waals surface area (Å²) >= 11 is 3.37. The third kappa shape index (κ3) is 2.51. The number of ether oxygens (including phenoxy) is 2. The van der Waals surface area contributed by atoms with Gasteiger partial charge in [0.25, 0.3) is 0 Å². The highest BCUT2D eigenvalue weighted by atomic mass is 79.9. The van der Waals surface area contributed by atoms with E-state index < -0.39 is 0 Å². The minimum Gasteiger partial charge on any atom is -0.495 e. The molecule has 2 rings (SSSR count). The summed E-state index contributed by atoms with van der Waals surface area (Å²) in [6.07, 6.45) is 1.44. The van der Waals surface area contributed by atoms with Crippen molar-refractivity contribution in [3.05, 3.63) is 45.8 Å². The van der Waals surface area contributed by atoms with Gasteiger partial charge in [-0.2, -0.15) is 0 Å². The standard InChI is InChI=1S/C14H13BrO4/c1-8-6-9(7-19-8)13(16)10-4-5-11(17-2)12(15)14(10)18-3/h4-7H,1-3H3. The molecule has 0 N–H and O–H groups in total. The Bertz CT molecular complexity index is 616. The van der Waals surface area contributed by atoms with Crippen LogP contribution in [0.1, 0.15) is 21.7 Å². The molecule has 0 saturated carbocycles. The molecule has 1 aromatic carbocycles. The smallest absolute Gasteiger partial charge is 0.200 e. The van der Waals surface area contributed by atoms with Gasteiger partial charge >= 0.3 is 0 Å². The van der Waals surface area contributed by atoms with E-state index in [0.29, 0.717) is 32.9 Å².